The predicted molar refractivity (Wildman–Crippen MR) is 89.1 cm³/mol. The molecular formula is C15H15ClN2O3S. The van der Waals surface area contributed by atoms with Crippen molar-refractivity contribution in [2.45, 2.75) is 0 Å². The lowest BCUT2D eigenvalue weighted by Gasteiger charge is -2.20. The van der Waals surface area contributed by atoms with E-state index < -0.39 is 10.0 Å². The van der Waals surface area contributed by atoms with Gasteiger partial charge in [-0.25, -0.2) is 8.42 Å². The van der Waals surface area contributed by atoms with E-state index in [0.29, 0.717) is 22.0 Å². The molecule has 0 spiro atoms. The minimum atomic E-state index is -3.42. The van der Waals surface area contributed by atoms with Crippen LogP contribution in [0.1, 0.15) is 10.4 Å². The molecule has 1 amide bonds. The van der Waals surface area contributed by atoms with Crippen LogP contribution in [0, 0.1) is 0 Å². The number of para-hydroxylation sites is 2. The van der Waals surface area contributed by atoms with Crippen molar-refractivity contribution in [1.29, 1.82) is 0 Å². The molecular weight excluding hydrogens is 324 g/mol. The summed E-state index contributed by atoms with van der Waals surface area (Å²) < 4.78 is 24.5. The molecule has 0 atom stereocenters. The lowest BCUT2D eigenvalue weighted by molar-refractivity contribution is 0.102. The van der Waals surface area contributed by atoms with Gasteiger partial charge < -0.3 is 5.32 Å². The summed E-state index contributed by atoms with van der Waals surface area (Å²) in [6.45, 7) is 0. The van der Waals surface area contributed by atoms with E-state index in [1.165, 1.54) is 7.05 Å². The molecule has 1 N–H and O–H groups in total. The normalized spacial score (nSPS) is 11.0. The summed E-state index contributed by atoms with van der Waals surface area (Å²) in [5.74, 6) is -0.342. The highest BCUT2D eigenvalue weighted by Gasteiger charge is 2.17. The summed E-state index contributed by atoms with van der Waals surface area (Å²) in [5.41, 5.74) is 1.24. The van der Waals surface area contributed by atoms with Crippen LogP contribution in [-0.2, 0) is 10.0 Å². The molecule has 0 unspecified atom stereocenters. The highest BCUT2D eigenvalue weighted by Crippen LogP contribution is 2.26. The van der Waals surface area contributed by atoms with Crippen LogP contribution in [0.5, 0.6) is 0 Å². The highest BCUT2D eigenvalue weighted by atomic mass is 35.5. The first-order valence-electron chi connectivity index (χ1n) is 6.39. The van der Waals surface area contributed by atoms with Gasteiger partial charge in [0.1, 0.15) is 0 Å². The number of benzene rings is 2. The van der Waals surface area contributed by atoms with Gasteiger partial charge in [0.2, 0.25) is 10.0 Å². The van der Waals surface area contributed by atoms with Crippen LogP contribution in [0.4, 0.5) is 11.4 Å². The van der Waals surface area contributed by atoms with Crippen molar-refractivity contribution in [2.24, 2.45) is 0 Å². The number of halogens is 1. The second-order valence-corrected chi connectivity index (χ2v) is 7.16. The number of carbonyl (C=O) groups is 1. The van der Waals surface area contributed by atoms with Crippen LogP contribution < -0.4 is 9.62 Å². The van der Waals surface area contributed by atoms with E-state index in [9.17, 15) is 13.2 Å². The van der Waals surface area contributed by atoms with Crippen molar-refractivity contribution in [2.75, 3.05) is 22.9 Å². The molecule has 0 aliphatic rings. The fourth-order valence-electron chi connectivity index (χ4n) is 1.83. The third-order valence-corrected chi connectivity index (χ3v) is 4.54. The van der Waals surface area contributed by atoms with Crippen molar-refractivity contribution in [3.63, 3.8) is 0 Å². The first-order chi connectivity index (χ1) is 10.3. The molecule has 0 radical (unpaired) electrons. The molecule has 5 nitrogen and oxygen atoms in total. The average Bonchev–Trinajstić information content (AvgIpc) is 2.46. The topological polar surface area (TPSA) is 66.5 Å². The number of hydrogen-bond donors (Lipinski definition) is 1. The number of carbonyl (C=O) groups excluding carboxylic acids is 1. The SMILES string of the molecule is CN(c1ccccc1NC(=O)c1ccc(Cl)cc1)S(C)(=O)=O. The first-order valence-corrected chi connectivity index (χ1v) is 8.61. The molecule has 0 fully saturated rings. The Hall–Kier alpha value is -2.05. The minimum absolute atomic E-state index is 0.342. The zero-order valence-corrected chi connectivity index (χ0v) is 13.6. The molecule has 2 rings (SSSR count). The standard InChI is InChI=1S/C15H15ClN2O3S/c1-18(22(2,20)21)14-6-4-3-5-13(14)17-15(19)11-7-9-12(16)10-8-11/h3-10H,1-2H3,(H,17,19). The molecule has 0 heterocycles. The Kier molecular flexibility index (Phi) is 4.73. The molecule has 0 saturated heterocycles. The predicted octanol–water partition coefficient (Wildman–Crippen LogP) is 2.99. The fraction of sp³-hybridized carbons (Fsp3) is 0.133. The Bertz CT molecular complexity index is 789. The minimum Gasteiger partial charge on any atom is -0.320 e. The monoisotopic (exact) mass is 338 g/mol. The van der Waals surface area contributed by atoms with E-state index >= 15 is 0 Å². The van der Waals surface area contributed by atoms with Gasteiger partial charge in [0.25, 0.3) is 5.91 Å². The molecule has 0 bridgehead atoms. The fourth-order valence-corrected chi connectivity index (χ4v) is 2.47. The van der Waals surface area contributed by atoms with Gasteiger partial charge in [-0.3, -0.25) is 9.10 Å². The highest BCUT2D eigenvalue weighted by molar-refractivity contribution is 7.92. The van der Waals surface area contributed by atoms with Crippen molar-refractivity contribution in [1.82, 2.24) is 0 Å². The lowest BCUT2D eigenvalue weighted by Crippen LogP contribution is -2.26. The van der Waals surface area contributed by atoms with Crippen molar-refractivity contribution in [3.05, 3.63) is 59.1 Å². The second kappa shape index (κ2) is 6.37. The van der Waals surface area contributed by atoms with E-state index in [0.717, 1.165) is 10.6 Å². The van der Waals surface area contributed by atoms with Crippen LogP contribution in [0.25, 0.3) is 0 Å². The Morgan fingerprint density at radius 3 is 2.27 bits per heavy atom. The van der Waals surface area contributed by atoms with E-state index in [1.54, 1.807) is 48.5 Å². The summed E-state index contributed by atoms with van der Waals surface area (Å²) in [4.78, 5) is 12.2. The molecule has 0 aliphatic carbocycles. The van der Waals surface area contributed by atoms with E-state index in [1.807, 2.05) is 0 Å². The van der Waals surface area contributed by atoms with E-state index in [-0.39, 0.29) is 5.91 Å². The second-order valence-electron chi connectivity index (χ2n) is 4.71. The maximum absolute atomic E-state index is 12.2. The first kappa shape index (κ1) is 16.3. The largest absolute Gasteiger partial charge is 0.320 e. The number of hydrogen-bond acceptors (Lipinski definition) is 3. The Morgan fingerprint density at radius 1 is 1.09 bits per heavy atom. The summed E-state index contributed by atoms with van der Waals surface area (Å²) in [6.07, 6.45) is 1.10. The van der Waals surface area contributed by atoms with E-state index in [4.69, 9.17) is 11.6 Å². The van der Waals surface area contributed by atoms with Gasteiger partial charge >= 0.3 is 0 Å². The third-order valence-electron chi connectivity index (χ3n) is 3.10. The maximum Gasteiger partial charge on any atom is 0.255 e. The van der Waals surface area contributed by atoms with Crippen LogP contribution in [0.3, 0.4) is 0 Å². The van der Waals surface area contributed by atoms with Crippen LogP contribution in [0.15, 0.2) is 48.5 Å². The molecule has 0 saturated carbocycles. The Morgan fingerprint density at radius 2 is 1.68 bits per heavy atom. The number of nitrogens with one attached hydrogen (secondary N) is 1. The number of amides is 1. The summed E-state index contributed by atoms with van der Waals surface area (Å²) in [6, 6.07) is 13.1. The summed E-state index contributed by atoms with van der Waals surface area (Å²) in [5, 5.41) is 3.25. The van der Waals surface area contributed by atoms with Gasteiger partial charge in [-0.1, -0.05) is 23.7 Å². The number of anilines is 2. The molecule has 7 heteroatoms. The number of rotatable bonds is 4. The number of sulfonamides is 1. The molecule has 2 aromatic carbocycles. The van der Waals surface area contributed by atoms with Gasteiger partial charge in [-0.15, -0.1) is 0 Å². The van der Waals surface area contributed by atoms with Crippen LogP contribution in [-0.4, -0.2) is 27.6 Å². The lowest BCUT2D eigenvalue weighted by atomic mass is 10.2. The third kappa shape index (κ3) is 3.78. The van der Waals surface area contributed by atoms with Crippen LogP contribution in [0.2, 0.25) is 5.02 Å². The van der Waals surface area contributed by atoms with Gasteiger partial charge in [-0.2, -0.15) is 0 Å². The molecule has 22 heavy (non-hydrogen) atoms. The zero-order valence-electron chi connectivity index (χ0n) is 12.1. The summed E-state index contributed by atoms with van der Waals surface area (Å²) in [7, 11) is -1.99. The summed E-state index contributed by atoms with van der Waals surface area (Å²) >= 11 is 5.79. The van der Waals surface area contributed by atoms with Crippen molar-refractivity contribution in [3.8, 4) is 0 Å². The van der Waals surface area contributed by atoms with E-state index in [2.05, 4.69) is 5.32 Å². The quantitative estimate of drug-likeness (QED) is 0.932. The molecule has 2 aromatic rings. The number of nitrogens with zero attached hydrogens (tertiary/aromatic N) is 1. The van der Waals surface area contributed by atoms with Crippen molar-refractivity contribution < 1.29 is 13.2 Å². The van der Waals surface area contributed by atoms with Crippen LogP contribution >= 0.6 is 11.6 Å². The maximum atomic E-state index is 12.2. The van der Waals surface area contributed by atoms with Gasteiger partial charge in [0.05, 0.1) is 17.6 Å². The Labute approximate surface area is 134 Å². The van der Waals surface area contributed by atoms with Gasteiger partial charge in [0.15, 0.2) is 0 Å². The van der Waals surface area contributed by atoms with Crippen molar-refractivity contribution >= 4 is 38.9 Å². The van der Waals surface area contributed by atoms with Gasteiger partial charge in [-0.05, 0) is 36.4 Å². The Balaban J connectivity index is 2.30. The molecule has 116 valence electrons. The molecule has 0 aromatic heterocycles. The molecule has 0 aliphatic heterocycles. The zero-order chi connectivity index (χ0) is 16.3. The average molecular weight is 339 g/mol. The van der Waals surface area contributed by atoms with Gasteiger partial charge in [0, 0.05) is 17.6 Å². The smallest absolute Gasteiger partial charge is 0.255 e.